The standard InChI is InChI=1S/C30H26FN7O/c1-30(2,3)13-27(39)35-20-10-18(14-32-15-20)24-12-23-26(16-34-24)37-38-28(23)25-11-22-21(7-8-33-29(22)36-25)17-5-4-6-19(31)9-17/h4-12,14-16H,13H2,1-3H3,(H,33,36)(H,35,39)(H,37,38). The minimum atomic E-state index is -0.293. The highest BCUT2D eigenvalue weighted by Gasteiger charge is 2.18. The number of carbonyl (C=O) groups excluding carboxylic acids is 1. The van der Waals surface area contributed by atoms with E-state index in [1.54, 1.807) is 30.9 Å². The minimum absolute atomic E-state index is 0.0630. The van der Waals surface area contributed by atoms with E-state index in [-0.39, 0.29) is 17.1 Å². The number of H-pyrrole nitrogens is 2. The number of halogens is 1. The van der Waals surface area contributed by atoms with Crippen molar-refractivity contribution < 1.29 is 9.18 Å². The lowest BCUT2D eigenvalue weighted by Gasteiger charge is -2.17. The Morgan fingerprint density at radius 1 is 0.974 bits per heavy atom. The lowest BCUT2D eigenvalue weighted by atomic mass is 9.92. The Bertz CT molecular complexity index is 1850. The van der Waals surface area contributed by atoms with Gasteiger partial charge in [0.2, 0.25) is 5.91 Å². The van der Waals surface area contributed by atoms with Crippen LogP contribution in [-0.4, -0.2) is 36.0 Å². The summed E-state index contributed by atoms with van der Waals surface area (Å²) in [4.78, 5) is 29.2. The monoisotopic (exact) mass is 519 g/mol. The average Bonchev–Trinajstić information content (AvgIpc) is 3.51. The van der Waals surface area contributed by atoms with Gasteiger partial charge >= 0.3 is 0 Å². The number of rotatable bonds is 5. The van der Waals surface area contributed by atoms with Gasteiger partial charge in [-0.1, -0.05) is 32.9 Å². The minimum Gasteiger partial charge on any atom is -0.338 e. The normalized spacial score (nSPS) is 11.8. The number of amides is 1. The number of fused-ring (bicyclic) bond motifs is 2. The Balaban J connectivity index is 1.37. The van der Waals surface area contributed by atoms with E-state index in [2.05, 4.69) is 35.5 Å². The van der Waals surface area contributed by atoms with Crippen molar-refractivity contribution in [2.75, 3.05) is 5.32 Å². The molecule has 5 aromatic heterocycles. The zero-order valence-electron chi connectivity index (χ0n) is 21.7. The summed E-state index contributed by atoms with van der Waals surface area (Å²) in [7, 11) is 0. The SMILES string of the molecule is CC(C)(C)CC(=O)Nc1cncc(-c2cc3c(-c4cc5c(-c6cccc(F)c6)ccnc5[nH]4)n[nH]c3cn2)c1. The van der Waals surface area contributed by atoms with Gasteiger partial charge < -0.3 is 10.3 Å². The quantitative estimate of drug-likeness (QED) is 0.233. The number of anilines is 1. The second-order valence-electron chi connectivity index (χ2n) is 10.7. The fraction of sp³-hybridized carbons (Fsp3) is 0.167. The van der Waals surface area contributed by atoms with Crippen LogP contribution in [0.15, 0.2) is 73.3 Å². The van der Waals surface area contributed by atoms with E-state index < -0.39 is 0 Å². The molecule has 5 heterocycles. The number of benzene rings is 1. The summed E-state index contributed by atoms with van der Waals surface area (Å²) in [5.74, 6) is -0.356. The van der Waals surface area contributed by atoms with Crippen LogP contribution >= 0.6 is 0 Å². The van der Waals surface area contributed by atoms with Crippen molar-refractivity contribution in [3.63, 3.8) is 0 Å². The number of hydrogen-bond donors (Lipinski definition) is 3. The molecule has 6 aromatic rings. The van der Waals surface area contributed by atoms with E-state index in [0.29, 0.717) is 29.1 Å². The molecule has 0 saturated heterocycles. The molecule has 0 bridgehead atoms. The van der Waals surface area contributed by atoms with Crippen LogP contribution in [0.1, 0.15) is 27.2 Å². The van der Waals surface area contributed by atoms with Crippen LogP contribution < -0.4 is 5.32 Å². The van der Waals surface area contributed by atoms with Gasteiger partial charge in [0, 0.05) is 35.2 Å². The summed E-state index contributed by atoms with van der Waals surface area (Å²) < 4.78 is 13.9. The van der Waals surface area contributed by atoms with Crippen LogP contribution in [0.4, 0.5) is 10.1 Å². The maximum absolute atomic E-state index is 13.9. The Morgan fingerprint density at radius 2 is 1.85 bits per heavy atom. The zero-order chi connectivity index (χ0) is 27.1. The molecule has 0 aliphatic carbocycles. The summed E-state index contributed by atoms with van der Waals surface area (Å²) in [6.07, 6.45) is 7.17. The molecule has 3 N–H and O–H groups in total. The molecule has 8 nitrogen and oxygen atoms in total. The molecule has 9 heteroatoms. The maximum Gasteiger partial charge on any atom is 0.224 e. The maximum atomic E-state index is 13.9. The van der Waals surface area contributed by atoms with E-state index in [1.807, 2.05) is 51.1 Å². The van der Waals surface area contributed by atoms with Crippen molar-refractivity contribution in [2.24, 2.45) is 5.41 Å². The Morgan fingerprint density at radius 3 is 2.67 bits per heavy atom. The summed E-state index contributed by atoms with van der Waals surface area (Å²) in [6.45, 7) is 6.07. The van der Waals surface area contributed by atoms with Crippen LogP contribution in [-0.2, 0) is 4.79 Å². The van der Waals surface area contributed by atoms with Crippen molar-refractivity contribution in [1.82, 2.24) is 30.1 Å². The van der Waals surface area contributed by atoms with Gasteiger partial charge in [-0.15, -0.1) is 0 Å². The number of nitrogens with one attached hydrogen (secondary N) is 3. The first-order valence-electron chi connectivity index (χ1n) is 12.6. The predicted octanol–water partition coefficient (Wildman–Crippen LogP) is 6.74. The number of aromatic nitrogens is 6. The Kier molecular flexibility index (Phi) is 5.91. The number of nitrogens with zero attached hydrogens (tertiary/aromatic N) is 4. The van der Waals surface area contributed by atoms with Crippen molar-refractivity contribution in [3.05, 3.63) is 79.1 Å². The van der Waals surface area contributed by atoms with E-state index >= 15 is 0 Å². The molecular formula is C30H26FN7O. The third kappa shape index (κ3) is 4.98. The van der Waals surface area contributed by atoms with Gasteiger partial charge in [-0.05, 0) is 52.9 Å². The molecule has 0 aliphatic rings. The summed E-state index contributed by atoms with van der Waals surface area (Å²) >= 11 is 0. The van der Waals surface area contributed by atoms with Crippen LogP contribution in [0.3, 0.4) is 0 Å². The lowest BCUT2D eigenvalue weighted by Crippen LogP contribution is -2.19. The van der Waals surface area contributed by atoms with Crippen molar-refractivity contribution in [2.45, 2.75) is 27.2 Å². The Hall–Kier alpha value is -4.92. The molecule has 0 unspecified atom stereocenters. The van der Waals surface area contributed by atoms with Gasteiger partial charge in [0.05, 0.1) is 35.0 Å². The van der Waals surface area contributed by atoms with Gasteiger partial charge in [-0.2, -0.15) is 5.10 Å². The second-order valence-corrected chi connectivity index (χ2v) is 10.7. The average molecular weight is 520 g/mol. The summed E-state index contributed by atoms with van der Waals surface area (Å²) in [5, 5.41) is 12.3. The van der Waals surface area contributed by atoms with Crippen LogP contribution in [0.25, 0.3) is 55.7 Å². The van der Waals surface area contributed by atoms with Gasteiger partial charge in [-0.3, -0.25) is 19.9 Å². The molecule has 6 rings (SSSR count). The third-order valence-electron chi connectivity index (χ3n) is 6.38. The van der Waals surface area contributed by atoms with Crippen molar-refractivity contribution >= 4 is 33.5 Å². The summed E-state index contributed by atoms with van der Waals surface area (Å²) in [5.41, 5.74) is 6.54. The van der Waals surface area contributed by atoms with Crippen molar-refractivity contribution in [3.8, 4) is 33.8 Å². The van der Waals surface area contributed by atoms with E-state index in [1.165, 1.54) is 12.1 Å². The molecule has 0 spiro atoms. The molecule has 0 atom stereocenters. The highest BCUT2D eigenvalue weighted by Crippen LogP contribution is 2.34. The van der Waals surface area contributed by atoms with Gasteiger partial charge in [-0.25, -0.2) is 9.37 Å². The molecule has 0 aliphatic heterocycles. The number of hydrogen-bond acceptors (Lipinski definition) is 5. The number of carbonyl (C=O) groups is 1. The van der Waals surface area contributed by atoms with Gasteiger partial charge in [0.25, 0.3) is 0 Å². The Labute approximate surface area is 223 Å². The second kappa shape index (κ2) is 9.43. The van der Waals surface area contributed by atoms with Gasteiger partial charge in [0.1, 0.15) is 17.2 Å². The van der Waals surface area contributed by atoms with E-state index in [9.17, 15) is 9.18 Å². The van der Waals surface area contributed by atoms with Crippen molar-refractivity contribution in [1.29, 1.82) is 0 Å². The smallest absolute Gasteiger partial charge is 0.224 e. The zero-order valence-corrected chi connectivity index (χ0v) is 21.7. The lowest BCUT2D eigenvalue weighted by molar-refractivity contribution is -0.117. The molecule has 0 fully saturated rings. The molecule has 0 radical (unpaired) electrons. The van der Waals surface area contributed by atoms with Crippen LogP contribution in [0, 0.1) is 11.2 Å². The molecule has 1 amide bonds. The topological polar surface area (TPSA) is 112 Å². The fourth-order valence-electron chi connectivity index (χ4n) is 4.68. The molecule has 194 valence electrons. The molecular weight excluding hydrogens is 493 g/mol. The van der Waals surface area contributed by atoms with E-state index in [4.69, 9.17) is 0 Å². The van der Waals surface area contributed by atoms with E-state index in [0.717, 1.165) is 38.7 Å². The number of aromatic amines is 2. The third-order valence-corrected chi connectivity index (χ3v) is 6.38. The highest BCUT2D eigenvalue weighted by atomic mass is 19.1. The summed E-state index contributed by atoms with van der Waals surface area (Å²) in [6, 6.07) is 14.2. The molecule has 0 saturated carbocycles. The molecule has 39 heavy (non-hydrogen) atoms. The fourth-order valence-corrected chi connectivity index (χ4v) is 4.68. The predicted molar refractivity (Wildman–Crippen MR) is 150 cm³/mol. The van der Waals surface area contributed by atoms with Gasteiger partial charge in [0.15, 0.2) is 0 Å². The largest absolute Gasteiger partial charge is 0.338 e. The molecule has 1 aromatic carbocycles. The van der Waals surface area contributed by atoms with Crippen LogP contribution in [0.5, 0.6) is 0 Å². The number of pyridine rings is 3. The first-order chi connectivity index (χ1) is 18.7. The highest BCUT2D eigenvalue weighted by molar-refractivity contribution is 6.00. The first-order valence-corrected chi connectivity index (χ1v) is 12.6. The van der Waals surface area contributed by atoms with Crippen LogP contribution in [0.2, 0.25) is 0 Å². The first kappa shape index (κ1) is 24.4.